The Bertz CT molecular complexity index is 699. The molecule has 2 N–H and O–H groups in total. The van der Waals surface area contributed by atoms with Crippen LogP contribution in [-0.4, -0.2) is 36.8 Å². The third kappa shape index (κ3) is 4.69. The quantitative estimate of drug-likeness (QED) is 0.760. The van der Waals surface area contributed by atoms with Crippen LogP contribution in [0.1, 0.15) is 31.7 Å². The number of carbonyl (C=O) groups excluding carboxylic acids is 1. The van der Waals surface area contributed by atoms with Crippen molar-refractivity contribution in [1.82, 2.24) is 15.6 Å². The fourth-order valence-electron chi connectivity index (χ4n) is 3.37. The van der Waals surface area contributed by atoms with Gasteiger partial charge in [-0.25, -0.2) is 4.79 Å². The topological polar surface area (TPSA) is 63.2 Å². The highest BCUT2D eigenvalue weighted by atomic mass is 16.5. The molecule has 1 fully saturated rings. The van der Waals surface area contributed by atoms with E-state index in [2.05, 4.69) is 34.7 Å². The van der Waals surface area contributed by atoms with Crippen LogP contribution in [0.4, 0.5) is 4.79 Å². The third-order valence-corrected chi connectivity index (χ3v) is 4.80. The molecular formula is C20H27N3O2. The first-order valence-corrected chi connectivity index (χ1v) is 9.22. The molecule has 0 spiro atoms. The molecule has 3 rings (SSSR count). The van der Waals surface area contributed by atoms with Gasteiger partial charge in [-0.1, -0.05) is 38.0 Å². The van der Waals surface area contributed by atoms with Gasteiger partial charge in [0.1, 0.15) is 0 Å². The van der Waals surface area contributed by atoms with Crippen molar-refractivity contribution in [1.29, 1.82) is 0 Å². The molecule has 1 saturated heterocycles. The van der Waals surface area contributed by atoms with Gasteiger partial charge in [0.05, 0.1) is 24.8 Å². The van der Waals surface area contributed by atoms with Crippen molar-refractivity contribution < 1.29 is 9.53 Å². The molecule has 1 aromatic heterocycles. The maximum Gasteiger partial charge on any atom is 0.315 e. The summed E-state index contributed by atoms with van der Waals surface area (Å²) in [6.07, 6.45) is 6.06. The zero-order chi connectivity index (χ0) is 17.5. The second-order valence-corrected chi connectivity index (χ2v) is 6.70. The average molecular weight is 341 g/mol. The molecule has 0 radical (unpaired) electrons. The van der Waals surface area contributed by atoms with Gasteiger partial charge in [-0.15, -0.1) is 0 Å². The fraction of sp³-hybridized carbons (Fsp3) is 0.500. The van der Waals surface area contributed by atoms with Gasteiger partial charge in [0.25, 0.3) is 0 Å². The minimum Gasteiger partial charge on any atom is -0.379 e. The van der Waals surface area contributed by atoms with Gasteiger partial charge in [-0.2, -0.15) is 0 Å². The molecule has 0 aliphatic carbocycles. The molecule has 2 aromatic rings. The van der Waals surface area contributed by atoms with Crippen LogP contribution >= 0.6 is 0 Å². The van der Waals surface area contributed by atoms with E-state index in [9.17, 15) is 4.79 Å². The minimum atomic E-state index is -0.0869. The van der Waals surface area contributed by atoms with Crippen molar-refractivity contribution >= 4 is 16.9 Å². The Morgan fingerprint density at radius 1 is 1.24 bits per heavy atom. The highest BCUT2D eigenvalue weighted by Gasteiger charge is 2.30. The number of nitrogens with zero attached hydrogens (tertiary/aromatic N) is 1. The zero-order valence-electron chi connectivity index (χ0n) is 14.8. The van der Waals surface area contributed by atoms with Crippen LogP contribution in [0, 0.1) is 5.92 Å². The van der Waals surface area contributed by atoms with Gasteiger partial charge >= 0.3 is 6.03 Å². The summed E-state index contributed by atoms with van der Waals surface area (Å²) in [5.74, 6) is 0.284. The number of hydrogen-bond donors (Lipinski definition) is 2. The van der Waals surface area contributed by atoms with E-state index in [4.69, 9.17) is 4.74 Å². The smallest absolute Gasteiger partial charge is 0.315 e. The van der Waals surface area contributed by atoms with Crippen LogP contribution in [0.25, 0.3) is 10.9 Å². The van der Waals surface area contributed by atoms with E-state index in [-0.39, 0.29) is 18.0 Å². The molecule has 0 saturated carbocycles. The van der Waals surface area contributed by atoms with Crippen molar-refractivity contribution in [3.8, 4) is 0 Å². The Balaban J connectivity index is 1.59. The monoisotopic (exact) mass is 341 g/mol. The highest BCUT2D eigenvalue weighted by molar-refractivity contribution is 5.81. The number of rotatable bonds is 7. The van der Waals surface area contributed by atoms with Gasteiger partial charge in [0.15, 0.2) is 0 Å². The lowest BCUT2D eigenvalue weighted by Gasteiger charge is -2.20. The second-order valence-electron chi connectivity index (χ2n) is 6.70. The van der Waals surface area contributed by atoms with Gasteiger partial charge in [0, 0.05) is 24.0 Å². The number of para-hydroxylation sites is 1. The van der Waals surface area contributed by atoms with E-state index in [0.717, 1.165) is 37.7 Å². The molecule has 134 valence electrons. The summed E-state index contributed by atoms with van der Waals surface area (Å²) in [7, 11) is 0. The van der Waals surface area contributed by atoms with Gasteiger partial charge in [-0.3, -0.25) is 4.98 Å². The predicted octanol–water partition coefficient (Wildman–Crippen LogP) is 3.28. The van der Waals surface area contributed by atoms with Crippen molar-refractivity contribution in [2.24, 2.45) is 5.92 Å². The van der Waals surface area contributed by atoms with Crippen molar-refractivity contribution in [2.45, 2.75) is 38.6 Å². The van der Waals surface area contributed by atoms with E-state index in [1.807, 2.05) is 24.4 Å². The number of carbonyl (C=O) groups is 1. The normalized spacial score (nSPS) is 19.9. The Morgan fingerprint density at radius 3 is 3.00 bits per heavy atom. The van der Waals surface area contributed by atoms with Gasteiger partial charge in [-0.05, 0) is 30.5 Å². The molecule has 2 heterocycles. The van der Waals surface area contributed by atoms with Crippen molar-refractivity contribution in [3.63, 3.8) is 0 Å². The molecule has 1 aromatic carbocycles. The fourth-order valence-corrected chi connectivity index (χ4v) is 3.37. The van der Waals surface area contributed by atoms with Crippen LogP contribution in [0.2, 0.25) is 0 Å². The molecule has 1 aliphatic heterocycles. The number of fused-ring (bicyclic) bond motifs is 1. The number of urea groups is 1. The highest BCUT2D eigenvalue weighted by Crippen LogP contribution is 2.24. The number of amides is 2. The molecular weight excluding hydrogens is 314 g/mol. The maximum atomic E-state index is 12.1. The average Bonchev–Trinajstić information content (AvgIpc) is 3.06. The van der Waals surface area contributed by atoms with E-state index >= 15 is 0 Å². The van der Waals surface area contributed by atoms with E-state index in [0.29, 0.717) is 13.2 Å². The molecule has 5 nitrogen and oxygen atoms in total. The molecule has 0 bridgehead atoms. The van der Waals surface area contributed by atoms with Crippen LogP contribution in [0.3, 0.4) is 0 Å². The van der Waals surface area contributed by atoms with E-state index in [1.165, 1.54) is 10.9 Å². The molecule has 1 aliphatic rings. The Hall–Kier alpha value is -2.14. The molecule has 0 unspecified atom stereocenters. The Kier molecular flexibility index (Phi) is 6.23. The summed E-state index contributed by atoms with van der Waals surface area (Å²) in [5.41, 5.74) is 2.27. The van der Waals surface area contributed by atoms with Crippen LogP contribution in [0.15, 0.2) is 36.5 Å². The predicted molar refractivity (Wildman–Crippen MR) is 99.6 cm³/mol. The van der Waals surface area contributed by atoms with Crippen LogP contribution in [-0.2, 0) is 11.2 Å². The summed E-state index contributed by atoms with van der Waals surface area (Å²) in [4.78, 5) is 16.5. The summed E-state index contributed by atoms with van der Waals surface area (Å²) in [6.45, 7) is 4.14. The summed E-state index contributed by atoms with van der Waals surface area (Å²) in [5, 5.41) is 7.21. The Morgan fingerprint density at radius 2 is 2.12 bits per heavy atom. The third-order valence-electron chi connectivity index (χ3n) is 4.80. The lowest BCUT2D eigenvalue weighted by atomic mass is 9.93. The van der Waals surface area contributed by atoms with Crippen LogP contribution in [0.5, 0.6) is 0 Å². The van der Waals surface area contributed by atoms with Gasteiger partial charge < -0.3 is 15.4 Å². The molecule has 2 amide bonds. The Labute approximate surface area is 149 Å². The van der Waals surface area contributed by atoms with Crippen molar-refractivity contribution in [3.05, 3.63) is 42.1 Å². The standard InChI is InChI=1S/C20H27N3O2/c1-2-3-6-10-22-20(24)23-19-14-25-13-16(19)12-15-9-11-21-18-8-5-4-7-17(15)18/h4-5,7-9,11,16,19H,2-3,6,10,12-14H2,1H3,(H2,22,23,24)/t16-,19+/m1/s1. The number of hydrogen-bond acceptors (Lipinski definition) is 3. The SMILES string of the molecule is CCCCCNC(=O)N[C@H]1COC[C@H]1Cc1ccnc2ccccc12. The number of ether oxygens (including phenoxy) is 1. The summed E-state index contributed by atoms with van der Waals surface area (Å²) in [6, 6.07) is 10.2. The zero-order valence-corrected chi connectivity index (χ0v) is 14.8. The molecule has 5 heteroatoms. The van der Waals surface area contributed by atoms with Crippen LogP contribution < -0.4 is 10.6 Å². The van der Waals surface area contributed by atoms with E-state index < -0.39 is 0 Å². The first kappa shape index (κ1) is 17.7. The number of aromatic nitrogens is 1. The lowest BCUT2D eigenvalue weighted by molar-refractivity contribution is 0.182. The summed E-state index contributed by atoms with van der Waals surface area (Å²) < 4.78 is 5.64. The van der Waals surface area contributed by atoms with E-state index in [1.54, 1.807) is 0 Å². The number of benzene rings is 1. The largest absolute Gasteiger partial charge is 0.379 e. The summed E-state index contributed by atoms with van der Waals surface area (Å²) >= 11 is 0. The first-order chi connectivity index (χ1) is 12.3. The molecule has 25 heavy (non-hydrogen) atoms. The molecule has 2 atom stereocenters. The number of unbranched alkanes of at least 4 members (excludes halogenated alkanes) is 2. The number of nitrogens with one attached hydrogen (secondary N) is 2. The first-order valence-electron chi connectivity index (χ1n) is 9.22. The van der Waals surface area contributed by atoms with Gasteiger partial charge in [0.2, 0.25) is 0 Å². The lowest BCUT2D eigenvalue weighted by Crippen LogP contribution is -2.46. The minimum absolute atomic E-state index is 0.0538. The van der Waals surface area contributed by atoms with Crippen molar-refractivity contribution in [2.75, 3.05) is 19.8 Å². The number of pyridine rings is 1. The second kappa shape index (κ2) is 8.81. The maximum absolute atomic E-state index is 12.1.